The summed E-state index contributed by atoms with van der Waals surface area (Å²) in [6, 6.07) is 7.57. The average Bonchev–Trinajstić information content (AvgIpc) is 3.08. The molecule has 1 N–H and O–H groups in total. The fourth-order valence-corrected chi connectivity index (χ4v) is 5.30. The zero-order valence-corrected chi connectivity index (χ0v) is 20.6. The summed E-state index contributed by atoms with van der Waals surface area (Å²) in [5, 5.41) is 10.7. The van der Waals surface area contributed by atoms with E-state index >= 15 is 0 Å². The van der Waals surface area contributed by atoms with Crippen molar-refractivity contribution in [1.29, 1.82) is 0 Å². The largest absolute Gasteiger partial charge is 0.481 e. The molecular weight excluding hydrogens is 507 g/mol. The van der Waals surface area contributed by atoms with Gasteiger partial charge in [0, 0.05) is 48.2 Å². The van der Waals surface area contributed by atoms with Crippen LogP contribution in [0.3, 0.4) is 0 Å². The molecule has 4 nitrogen and oxygen atoms in total. The third-order valence-corrected chi connectivity index (χ3v) is 7.58. The first-order valence-electron chi connectivity index (χ1n) is 11.1. The van der Waals surface area contributed by atoms with Gasteiger partial charge < -0.3 is 9.67 Å². The maximum atomic E-state index is 14.3. The Balaban J connectivity index is 1.62. The number of carboxylic acids is 1. The van der Waals surface area contributed by atoms with E-state index < -0.39 is 29.8 Å². The van der Waals surface area contributed by atoms with E-state index in [0.717, 1.165) is 23.4 Å². The Labute approximate surface area is 210 Å². The van der Waals surface area contributed by atoms with Gasteiger partial charge in [-0.3, -0.25) is 9.69 Å². The van der Waals surface area contributed by atoms with Crippen molar-refractivity contribution in [2.45, 2.75) is 38.7 Å². The minimum absolute atomic E-state index is 0.00469. The van der Waals surface area contributed by atoms with E-state index in [9.17, 15) is 22.4 Å². The number of hydrogen-bond acceptors (Lipinski definition) is 2. The van der Waals surface area contributed by atoms with E-state index in [1.807, 2.05) is 11.0 Å². The van der Waals surface area contributed by atoms with Gasteiger partial charge >= 0.3 is 12.1 Å². The predicted octanol–water partition coefficient (Wildman–Crippen LogP) is 6.65. The lowest BCUT2D eigenvalue weighted by molar-refractivity contribution is -0.146. The van der Waals surface area contributed by atoms with Crippen LogP contribution in [-0.4, -0.2) is 39.8 Å². The number of benzene rings is 2. The molecular formula is C25H24Cl2F4N2O2. The number of carbonyl (C=O) groups is 1. The lowest BCUT2D eigenvalue weighted by Gasteiger charge is -2.33. The molecule has 2 aromatic carbocycles. The highest BCUT2D eigenvalue weighted by Crippen LogP contribution is 2.36. The maximum absolute atomic E-state index is 14.3. The van der Waals surface area contributed by atoms with Crippen LogP contribution in [0.1, 0.15) is 34.4 Å². The molecule has 1 aliphatic heterocycles. The topological polar surface area (TPSA) is 45.5 Å². The molecule has 0 spiro atoms. The highest BCUT2D eigenvalue weighted by Gasteiger charge is 2.34. The molecule has 2 unspecified atom stereocenters. The molecule has 0 saturated carbocycles. The van der Waals surface area contributed by atoms with E-state index in [1.165, 1.54) is 0 Å². The van der Waals surface area contributed by atoms with Gasteiger partial charge in [-0.05, 0) is 60.8 Å². The minimum atomic E-state index is -4.44. The molecule has 0 aliphatic carbocycles. The molecule has 0 amide bonds. The van der Waals surface area contributed by atoms with Gasteiger partial charge in [-0.15, -0.1) is 0 Å². The number of alkyl halides is 4. The first kappa shape index (κ1) is 25.8. The minimum Gasteiger partial charge on any atom is -0.481 e. The van der Waals surface area contributed by atoms with Gasteiger partial charge in [0.1, 0.15) is 6.17 Å². The number of carboxylic acid groups (broad SMARTS) is 1. The lowest BCUT2D eigenvalue weighted by atomic mass is 9.94. The predicted molar refractivity (Wildman–Crippen MR) is 128 cm³/mol. The summed E-state index contributed by atoms with van der Waals surface area (Å²) in [6.07, 6.45) is -5.40. The molecule has 1 aliphatic rings. The van der Waals surface area contributed by atoms with Crippen molar-refractivity contribution in [3.63, 3.8) is 0 Å². The quantitative estimate of drug-likeness (QED) is 0.375. The summed E-state index contributed by atoms with van der Waals surface area (Å²) in [5.41, 5.74) is 2.38. The van der Waals surface area contributed by atoms with Gasteiger partial charge in [0.25, 0.3) is 0 Å². The number of aliphatic carboxylic acids is 1. The number of nitrogens with zero attached hydrogens (tertiary/aromatic N) is 2. The molecule has 3 aromatic rings. The standard InChI is InChI=1S/C25H24Cl2F4N2O2/c1-13-7-15(25(29,30)31)8-22-18(13)9-16(32(22)2)10-19-20(26)4-3-14(23(19)27)11-33-6-5-17(24(34)35)21(28)12-33/h3-4,7-9,17,21H,5-6,10-12H2,1-2H3,(H,34,35). The summed E-state index contributed by atoms with van der Waals surface area (Å²) >= 11 is 13.2. The van der Waals surface area contributed by atoms with Crippen LogP contribution in [0.5, 0.6) is 0 Å². The van der Waals surface area contributed by atoms with Crippen LogP contribution in [-0.2, 0) is 31.0 Å². The smallest absolute Gasteiger partial charge is 0.416 e. The van der Waals surface area contributed by atoms with Crippen LogP contribution in [0.2, 0.25) is 10.0 Å². The lowest BCUT2D eigenvalue weighted by Crippen LogP contribution is -2.44. The van der Waals surface area contributed by atoms with Gasteiger partial charge in [0.2, 0.25) is 0 Å². The summed E-state index contributed by atoms with van der Waals surface area (Å²) in [6.45, 7) is 2.40. The highest BCUT2D eigenvalue weighted by atomic mass is 35.5. The Morgan fingerprint density at radius 1 is 1.20 bits per heavy atom. The first-order valence-corrected chi connectivity index (χ1v) is 11.8. The van der Waals surface area contributed by atoms with Crippen LogP contribution >= 0.6 is 23.2 Å². The van der Waals surface area contributed by atoms with Crippen molar-refractivity contribution in [3.05, 3.63) is 68.3 Å². The fraction of sp³-hybridized carbons (Fsp3) is 0.400. The number of halogens is 6. The Kier molecular flexibility index (Phi) is 7.10. The molecule has 1 aromatic heterocycles. The molecule has 188 valence electrons. The zero-order chi connectivity index (χ0) is 25.7. The second kappa shape index (κ2) is 9.64. The Morgan fingerprint density at radius 3 is 2.54 bits per heavy atom. The normalized spacial score (nSPS) is 19.4. The highest BCUT2D eigenvalue weighted by molar-refractivity contribution is 6.36. The Bertz CT molecular complexity index is 1290. The van der Waals surface area contributed by atoms with Crippen molar-refractivity contribution < 1.29 is 27.5 Å². The molecule has 0 radical (unpaired) electrons. The maximum Gasteiger partial charge on any atom is 0.416 e. The van der Waals surface area contributed by atoms with Crippen molar-refractivity contribution >= 4 is 40.1 Å². The van der Waals surface area contributed by atoms with Crippen molar-refractivity contribution in [1.82, 2.24) is 9.47 Å². The molecule has 1 fully saturated rings. The number of hydrogen-bond donors (Lipinski definition) is 1. The Morgan fingerprint density at radius 2 is 1.91 bits per heavy atom. The van der Waals surface area contributed by atoms with Gasteiger partial charge in [-0.2, -0.15) is 13.2 Å². The summed E-state index contributed by atoms with van der Waals surface area (Å²) in [7, 11) is 1.71. The van der Waals surface area contributed by atoms with Crippen molar-refractivity contribution in [3.8, 4) is 0 Å². The van der Waals surface area contributed by atoms with Crippen LogP contribution in [0.4, 0.5) is 17.6 Å². The summed E-state index contributed by atoms with van der Waals surface area (Å²) < 4.78 is 55.9. The molecule has 4 rings (SSSR count). The molecule has 35 heavy (non-hydrogen) atoms. The van der Waals surface area contributed by atoms with E-state index in [-0.39, 0.29) is 13.0 Å². The zero-order valence-electron chi connectivity index (χ0n) is 19.1. The number of aryl methyl sites for hydroxylation is 2. The summed E-state index contributed by atoms with van der Waals surface area (Å²) in [4.78, 5) is 13.0. The van der Waals surface area contributed by atoms with E-state index in [0.29, 0.717) is 51.6 Å². The fourth-order valence-electron chi connectivity index (χ4n) is 4.74. The van der Waals surface area contributed by atoms with Gasteiger partial charge in [-0.25, -0.2) is 4.39 Å². The average molecular weight is 531 g/mol. The van der Waals surface area contributed by atoms with Crippen LogP contribution in [0.25, 0.3) is 10.9 Å². The number of piperidine rings is 1. The molecule has 0 bridgehead atoms. The van der Waals surface area contributed by atoms with E-state index in [1.54, 1.807) is 30.7 Å². The van der Waals surface area contributed by atoms with Crippen LogP contribution < -0.4 is 0 Å². The number of aromatic nitrogens is 1. The van der Waals surface area contributed by atoms with Gasteiger partial charge in [0.05, 0.1) is 16.5 Å². The molecule has 1 saturated heterocycles. The number of rotatable bonds is 5. The number of fused-ring (bicyclic) bond motifs is 1. The second-order valence-corrected chi connectivity index (χ2v) is 9.86. The van der Waals surface area contributed by atoms with Gasteiger partial charge in [-0.1, -0.05) is 29.3 Å². The molecule has 10 heteroatoms. The second-order valence-electron chi connectivity index (χ2n) is 9.08. The molecule has 2 heterocycles. The number of likely N-dealkylation sites (tertiary alicyclic amines) is 1. The van der Waals surface area contributed by atoms with Crippen LogP contribution in [0.15, 0.2) is 30.3 Å². The molecule has 2 atom stereocenters. The van der Waals surface area contributed by atoms with Crippen LogP contribution in [0, 0.1) is 12.8 Å². The SMILES string of the molecule is Cc1cc(C(F)(F)F)cc2c1cc(Cc1c(Cl)ccc(CN3CCC(C(=O)O)C(F)C3)c1Cl)n2C. The van der Waals surface area contributed by atoms with Gasteiger partial charge in [0.15, 0.2) is 0 Å². The van der Waals surface area contributed by atoms with Crippen molar-refractivity contribution in [2.24, 2.45) is 13.0 Å². The third kappa shape index (κ3) is 5.15. The first-order chi connectivity index (χ1) is 16.4. The Hall–Kier alpha value is -2.29. The van der Waals surface area contributed by atoms with E-state index in [4.69, 9.17) is 28.3 Å². The monoisotopic (exact) mass is 530 g/mol. The summed E-state index contributed by atoms with van der Waals surface area (Å²) in [5.74, 6) is -2.13. The van der Waals surface area contributed by atoms with E-state index in [2.05, 4.69) is 0 Å². The van der Waals surface area contributed by atoms with Crippen molar-refractivity contribution in [2.75, 3.05) is 13.1 Å². The third-order valence-electron chi connectivity index (χ3n) is 6.76.